The van der Waals surface area contributed by atoms with Crippen molar-refractivity contribution in [3.05, 3.63) is 29.3 Å². The Hall–Kier alpha value is -1.34. The van der Waals surface area contributed by atoms with Crippen molar-refractivity contribution in [1.82, 2.24) is 4.90 Å². The van der Waals surface area contributed by atoms with Gasteiger partial charge in [0.2, 0.25) is 0 Å². The maximum Gasteiger partial charge on any atom is 0.254 e. The van der Waals surface area contributed by atoms with Crippen LogP contribution in [0.4, 0.5) is 14.5 Å². The number of nitrogen functional groups attached to an aromatic ring is 1. The Morgan fingerprint density at radius 2 is 1.83 bits per heavy atom. The first-order valence-electron chi connectivity index (χ1n) is 5.46. The molecule has 1 aliphatic rings. The van der Waals surface area contributed by atoms with E-state index < -0.39 is 17.3 Å². The largest absolute Gasteiger partial charge is 0.337 e. The number of nitrogens with two attached hydrogens (primary N) is 1. The van der Waals surface area contributed by atoms with Crippen molar-refractivity contribution in [2.24, 2.45) is 5.84 Å². The van der Waals surface area contributed by atoms with Crippen LogP contribution in [-0.2, 0) is 0 Å². The fourth-order valence-corrected chi connectivity index (χ4v) is 2.69. The molecule has 1 amide bonds. The Kier molecular flexibility index (Phi) is 4.03. The molecule has 1 aliphatic heterocycles. The number of anilines is 1. The van der Waals surface area contributed by atoms with Gasteiger partial charge in [0.15, 0.2) is 11.6 Å². The molecule has 18 heavy (non-hydrogen) atoms. The van der Waals surface area contributed by atoms with Gasteiger partial charge in [-0.05, 0) is 12.1 Å². The lowest BCUT2D eigenvalue weighted by Gasteiger charge is -2.26. The number of hydrazine groups is 1. The van der Waals surface area contributed by atoms with Crippen molar-refractivity contribution >= 4 is 23.4 Å². The maximum atomic E-state index is 13.5. The third-order valence-corrected chi connectivity index (χ3v) is 3.67. The quantitative estimate of drug-likeness (QED) is 0.632. The van der Waals surface area contributed by atoms with Crippen LogP contribution >= 0.6 is 11.8 Å². The van der Waals surface area contributed by atoms with Crippen LogP contribution in [0, 0.1) is 11.6 Å². The van der Waals surface area contributed by atoms with E-state index in [0.717, 1.165) is 23.6 Å². The standard InChI is InChI=1S/C11H13F2N3OS/c12-8-5-7(6-9(13)10(8)15-14)11(17)16-1-3-18-4-2-16/h5-6,15H,1-4,14H2. The van der Waals surface area contributed by atoms with Crippen molar-refractivity contribution in [3.8, 4) is 0 Å². The molecule has 1 aromatic carbocycles. The molecule has 0 radical (unpaired) electrons. The zero-order valence-electron chi connectivity index (χ0n) is 9.58. The summed E-state index contributed by atoms with van der Waals surface area (Å²) in [6, 6.07) is 2.00. The number of nitrogens with zero attached hydrogens (tertiary/aromatic N) is 1. The Labute approximate surface area is 107 Å². The predicted octanol–water partition coefficient (Wildman–Crippen LogP) is 1.44. The van der Waals surface area contributed by atoms with E-state index in [4.69, 9.17) is 5.84 Å². The highest BCUT2D eigenvalue weighted by Crippen LogP contribution is 2.21. The molecular formula is C11H13F2N3OS. The normalized spacial score (nSPS) is 15.6. The second-order valence-corrected chi connectivity index (χ2v) is 5.09. The molecule has 1 aromatic rings. The van der Waals surface area contributed by atoms with Crippen LogP contribution in [0.5, 0.6) is 0 Å². The number of hydrogen-bond donors (Lipinski definition) is 2. The molecule has 0 unspecified atom stereocenters. The molecule has 0 aliphatic carbocycles. The monoisotopic (exact) mass is 273 g/mol. The third kappa shape index (κ3) is 2.56. The molecule has 0 spiro atoms. The predicted molar refractivity (Wildman–Crippen MR) is 67.4 cm³/mol. The molecule has 7 heteroatoms. The van der Waals surface area contributed by atoms with Gasteiger partial charge < -0.3 is 10.3 Å². The second kappa shape index (κ2) is 5.53. The summed E-state index contributed by atoms with van der Waals surface area (Å²) >= 11 is 1.76. The maximum absolute atomic E-state index is 13.5. The SMILES string of the molecule is NNc1c(F)cc(C(=O)N2CCSCC2)cc1F. The molecule has 3 N–H and O–H groups in total. The van der Waals surface area contributed by atoms with E-state index in [1.165, 1.54) is 0 Å². The van der Waals surface area contributed by atoms with Gasteiger partial charge in [-0.25, -0.2) is 8.78 Å². The Morgan fingerprint density at radius 1 is 1.28 bits per heavy atom. The van der Waals surface area contributed by atoms with Gasteiger partial charge in [0.25, 0.3) is 5.91 Å². The van der Waals surface area contributed by atoms with Gasteiger partial charge in [-0.1, -0.05) is 0 Å². The van der Waals surface area contributed by atoms with E-state index in [-0.39, 0.29) is 11.5 Å². The third-order valence-electron chi connectivity index (χ3n) is 2.73. The average Bonchev–Trinajstić information content (AvgIpc) is 2.38. The first-order valence-corrected chi connectivity index (χ1v) is 6.61. The number of benzene rings is 1. The summed E-state index contributed by atoms with van der Waals surface area (Å²) in [5, 5.41) is 0. The van der Waals surface area contributed by atoms with Crippen LogP contribution in [0.2, 0.25) is 0 Å². The molecule has 0 bridgehead atoms. The van der Waals surface area contributed by atoms with Crippen LogP contribution < -0.4 is 11.3 Å². The van der Waals surface area contributed by atoms with Gasteiger partial charge in [0.05, 0.1) is 0 Å². The molecule has 1 fully saturated rings. The van der Waals surface area contributed by atoms with Crippen LogP contribution in [0.3, 0.4) is 0 Å². The zero-order valence-corrected chi connectivity index (χ0v) is 10.4. The van der Waals surface area contributed by atoms with Crippen molar-refractivity contribution in [1.29, 1.82) is 0 Å². The van der Waals surface area contributed by atoms with Crippen LogP contribution in [0.1, 0.15) is 10.4 Å². The highest BCUT2D eigenvalue weighted by Gasteiger charge is 2.21. The lowest BCUT2D eigenvalue weighted by atomic mass is 10.1. The molecule has 1 saturated heterocycles. The van der Waals surface area contributed by atoms with E-state index in [9.17, 15) is 13.6 Å². The zero-order chi connectivity index (χ0) is 13.1. The summed E-state index contributed by atoms with van der Waals surface area (Å²) in [6.45, 7) is 1.20. The number of carbonyl (C=O) groups is 1. The van der Waals surface area contributed by atoms with Crippen molar-refractivity contribution in [2.75, 3.05) is 30.0 Å². The fraction of sp³-hybridized carbons (Fsp3) is 0.364. The van der Waals surface area contributed by atoms with Crippen molar-refractivity contribution in [3.63, 3.8) is 0 Å². The Balaban J connectivity index is 2.25. The topological polar surface area (TPSA) is 58.4 Å². The first kappa shape index (κ1) is 13.1. The van der Waals surface area contributed by atoms with Crippen LogP contribution in [0.25, 0.3) is 0 Å². The molecule has 1 heterocycles. The highest BCUT2D eigenvalue weighted by atomic mass is 32.2. The number of halogens is 2. The lowest BCUT2D eigenvalue weighted by Crippen LogP contribution is -2.38. The molecule has 2 rings (SSSR count). The highest BCUT2D eigenvalue weighted by molar-refractivity contribution is 7.99. The van der Waals surface area contributed by atoms with E-state index in [1.54, 1.807) is 16.7 Å². The van der Waals surface area contributed by atoms with Gasteiger partial charge in [0.1, 0.15) is 5.69 Å². The number of rotatable bonds is 2. The molecule has 4 nitrogen and oxygen atoms in total. The summed E-state index contributed by atoms with van der Waals surface area (Å²) in [5.41, 5.74) is 1.51. The molecule has 98 valence electrons. The van der Waals surface area contributed by atoms with E-state index in [0.29, 0.717) is 13.1 Å². The van der Waals surface area contributed by atoms with E-state index in [1.807, 2.05) is 5.43 Å². The summed E-state index contributed by atoms with van der Waals surface area (Å²) in [5.74, 6) is 4.60. The van der Waals surface area contributed by atoms with Gasteiger partial charge in [-0.2, -0.15) is 11.8 Å². The first-order chi connectivity index (χ1) is 8.63. The summed E-state index contributed by atoms with van der Waals surface area (Å²) in [7, 11) is 0. The van der Waals surface area contributed by atoms with Crippen molar-refractivity contribution < 1.29 is 13.6 Å². The number of hydrogen-bond acceptors (Lipinski definition) is 4. The fourth-order valence-electron chi connectivity index (χ4n) is 1.78. The number of nitrogens with one attached hydrogen (secondary N) is 1. The summed E-state index contributed by atoms with van der Waals surface area (Å²) in [4.78, 5) is 13.6. The molecule has 0 aromatic heterocycles. The van der Waals surface area contributed by atoms with Gasteiger partial charge in [-0.3, -0.25) is 10.6 Å². The minimum Gasteiger partial charge on any atom is -0.337 e. The van der Waals surface area contributed by atoms with Gasteiger partial charge >= 0.3 is 0 Å². The minimum absolute atomic E-state index is 0.0101. The van der Waals surface area contributed by atoms with Crippen LogP contribution in [0.15, 0.2) is 12.1 Å². The lowest BCUT2D eigenvalue weighted by molar-refractivity contribution is 0.0771. The smallest absolute Gasteiger partial charge is 0.254 e. The summed E-state index contributed by atoms with van der Waals surface area (Å²) in [6.07, 6.45) is 0. The Morgan fingerprint density at radius 3 is 2.33 bits per heavy atom. The molecular weight excluding hydrogens is 260 g/mol. The minimum atomic E-state index is -0.868. The second-order valence-electron chi connectivity index (χ2n) is 3.86. The molecule has 0 saturated carbocycles. The average molecular weight is 273 g/mol. The number of thioether (sulfide) groups is 1. The van der Waals surface area contributed by atoms with E-state index in [2.05, 4.69) is 0 Å². The van der Waals surface area contributed by atoms with E-state index >= 15 is 0 Å². The van der Waals surface area contributed by atoms with Gasteiger partial charge in [-0.15, -0.1) is 0 Å². The number of carbonyl (C=O) groups excluding carboxylic acids is 1. The van der Waals surface area contributed by atoms with Crippen LogP contribution in [-0.4, -0.2) is 35.4 Å². The molecule has 0 atom stereocenters. The Bertz CT molecular complexity index is 441. The van der Waals surface area contributed by atoms with Gasteiger partial charge in [0, 0.05) is 30.2 Å². The van der Waals surface area contributed by atoms with Crippen molar-refractivity contribution in [2.45, 2.75) is 0 Å². The number of amides is 1. The summed E-state index contributed by atoms with van der Waals surface area (Å²) < 4.78 is 27.0.